The topological polar surface area (TPSA) is 93.9 Å². The van der Waals surface area contributed by atoms with Gasteiger partial charge in [0.05, 0.1) is 17.2 Å². The summed E-state index contributed by atoms with van der Waals surface area (Å²) in [5.41, 5.74) is 4.52. The molecule has 12 heteroatoms. The Balaban J connectivity index is 1.36. The number of nitrogens with zero attached hydrogens (tertiary/aromatic N) is 1. The molecule has 0 atom stereocenters. The fourth-order valence-corrected chi connectivity index (χ4v) is 7.87. The highest BCUT2D eigenvalue weighted by Gasteiger charge is 2.38. The van der Waals surface area contributed by atoms with Gasteiger partial charge in [0, 0.05) is 4.90 Å². The molecule has 5 aromatic rings. The zero-order valence-corrected chi connectivity index (χ0v) is 28.4. The van der Waals surface area contributed by atoms with Gasteiger partial charge in [-0.2, -0.15) is 13.2 Å². The SMILES string of the molecule is Cc1cc(C)c(S(=O)(=O)N(Cc2ccc(-c3cccc(SCC(=O)OCc4ccccc4)c3)cc2)C(=O)c2ccc(C(F)(F)F)o2)c(C)c1. The number of furan rings is 1. The summed E-state index contributed by atoms with van der Waals surface area (Å²) >= 11 is 1.33. The summed E-state index contributed by atoms with van der Waals surface area (Å²) in [5, 5.41) is 0. The molecule has 0 aliphatic rings. The maximum Gasteiger partial charge on any atom is 0.449 e. The van der Waals surface area contributed by atoms with Crippen LogP contribution in [0.15, 0.2) is 117 Å². The van der Waals surface area contributed by atoms with Gasteiger partial charge in [-0.15, -0.1) is 11.8 Å². The molecule has 0 saturated heterocycles. The van der Waals surface area contributed by atoms with Crippen LogP contribution in [-0.2, 0) is 38.9 Å². The number of carbonyl (C=O) groups excluding carboxylic acids is 2. The largest absolute Gasteiger partial charge is 0.460 e. The number of hydrogen-bond acceptors (Lipinski definition) is 7. The second-order valence-electron chi connectivity index (χ2n) is 11.4. The van der Waals surface area contributed by atoms with E-state index in [2.05, 4.69) is 0 Å². The average Bonchev–Trinajstić information content (AvgIpc) is 3.57. The first-order valence-electron chi connectivity index (χ1n) is 15.1. The number of amides is 1. The van der Waals surface area contributed by atoms with Gasteiger partial charge >= 0.3 is 18.1 Å². The van der Waals surface area contributed by atoms with Crippen LogP contribution < -0.4 is 0 Å². The summed E-state index contributed by atoms with van der Waals surface area (Å²) in [6.45, 7) is 4.73. The predicted octanol–water partition coefficient (Wildman–Crippen LogP) is 8.76. The Morgan fingerprint density at radius 1 is 0.796 bits per heavy atom. The summed E-state index contributed by atoms with van der Waals surface area (Å²) < 4.78 is 78.6. The van der Waals surface area contributed by atoms with Crippen LogP contribution in [0.25, 0.3) is 11.1 Å². The molecular formula is C37H32F3NO6S2. The molecular weight excluding hydrogens is 676 g/mol. The van der Waals surface area contributed by atoms with Crippen molar-refractivity contribution >= 4 is 33.7 Å². The lowest BCUT2D eigenvalue weighted by Crippen LogP contribution is -2.37. The molecule has 0 fully saturated rings. The van der Waals surface area contributed by atoms with Gasteiger partial charge in [0.25, 0.3) is 10.0 Å². The number of halogens is 3. The fourth-order valence-electron chi connectivity index (χ4n) is 5.33. The van der Waals surface area contributed by atoms with Crippen molar-refractivity contribution in [1.29, 1.82) is 0 Å². The van der Waals surface area contributed by atoms with Crippen LogP contribution in [0.2, 0.25) is 0 Å². The summed E-state index contributed by atoms with van der Waals surface area (Å²) in [6.07, 6.45) is -4.86. The number of esters is 1. The maximum absolute atomic E-state index is 14.1. The molecule has 0 unspecified atom stereocenters. The fraction of sp³-hybridized carbons (Fsp3) is 0.189. The van der Waals surface area contributed by atoms with Gasteiger partial charge < -0.3 is 9.15 Å². The lowest BCUT2D eigenvalue weighted by Gasteiger charge is -2.24. The number of sulfonamides is 1. The zero-order chi connectivity index (χ0) is 35.3. The Morgan fingerprint density at radius 2 is 1.47 bits per heavy atom. The summed E-state index contributed by atoms with van der Waals surface area (Å²) in [6, 6.07) is 28.4. The molecule has 4 aromatic carbocycles. The van der Waals surface area contributed by atoms with Crippen molar-refractivity contribution in [2.45, 2.75) is 49.9 Å². The Hall–Kier alpha value is -4.81. The standard InChI is InChI=1S/C37H32F3NO6S2/c1-24-18-25(2)35(26(3)19-24)49(44,45)41(36(43)32-16-17-33(47-32)37(38,39)40)21-27-12-14-29(15-13-27)30-10-7-11-31(20-30)48-23-34(42)46-22-28-8-5-4-6-9-28/h4-20H,21-23H2,1-3H3. The molecule has 5 rings (SSSR count). The minimum atomic E-state index is -4.86. The van der Waals surface area contributed by atoms with E-state index in [4.69, 9.17) is 9.15 Å². The minimum Gasteiger partial charge on any atom is -0.460 e. The van der Waals surface area contributed by atoms with E-state index in [1.807, 2.05) is 54.6 Å². The molecule has 0 spiro atoms. The first-order chi connectivity index (χ1) is 23.2. The summed E-state index contributed by atoms with van der Waals surface area (Å²) in [7, 11) is -4.55. The van der Waals surface area contributed by atoms with Crippen LogP contribution in [-0.4, -0.2) is 30.4 Å². The molecule has 1 heterocycles. The third-order valence-electron chi connectivity index (χ3n) is 7.52. The monoisotopic (exact) mass is 707 g/mol. The molecule has 49 heavy (non-hydrogen) atoms. The third-order valence-corrected chi connectivity index (χ3v) is 10.5. The van der Waals surface area contributed by atoms with Crippen LogP contribution in [0, 0.1) is 20.8 Å². The average molecular weight is 708 g/mol. The van der Waals surface area contributed by atoms with Crippen molar-refractivity contribution in [3.63, 3.8) is 0 Å². The van der Waals surface area contributed by atoms with Crippen LogP contribution in [0.4, 0.5) is 13.2 Å². The van der Waals surface area contributed by atoms with Gasteiger partial charge in [-0.3, -0.25) is 9.59 Å². The van der Waals surface area contributed by atoms with Gasteiger partial charge in [0.1, 0.15) is 6.61 Å². The van der Waals surface area contributed by atoms with Crippen molar-refractivity contribution < 1.29 is 40.3 Å². The molecule has 0 radical (unpaired) electrons. The minimum absolute atomic E-state index is 0.107. The van der Waals surface area contributed by atoms with E-state index < -0.39 is 40.2 Å². The number of hydrogen-bond donors (Lipinski definition) is 0. The van der Waals surface area contributed by atoms with Crippen LogP contribution in [0.3, 0.4) is 0 Å². The predicted molar refractivity (Wildman–Crippen MR) is 180 cm³/mol. The number of aryl methyl sites for hydroxylation is 3. The number of ether oxygens (including phenoxy) is 1. The van der Waals surface area contributed by atoms with E-state index in [1.54, 1.807) is 57.2 Å². The molecule has 1 amide bonds. The number of thioether (sulfide) groups is 1. The molecule has 0 bridgehead atoms. The molecule has 254 valence electrons. The molecule has 1 aromatic heterocycles. The van der Waals surface area contributed by atoms with E-state index in [0.29, 0.717) is 27.1 Å². The molecule has 0 N–H and O–H groups in total. The van der Waals surface area contributed by atoms with Crippen molar-refractivity contribution in [3.05, 3.63) is 142 Å². The number of benzene rings is 4. The van der Waals surface area contributed by atoms with E-state index in [-0.39, 0.29) is 23.2 Å². The van der Waals surface area contributed by atoms with Crippen molar-refractivity contribution in [1.82, 2.24) is 4.31 Å². The van der Waals surface area contributed by atoms with E-state index >= 15 is 0 Å². The Morgan fingerprint density at radius 3 is 2.10 bits per heavy atom. The lowest BCUT2D eigenvalue weighted by atomic mass is 10.0. The van der Waals surface area contributed by atoms with Gasteiger partial charge in [-0.05, 0) is 78.4 Å². The summed E-state index contributed by atoms with van der Waals surface area (Å²) in [5.74, 6) is -3.63. The van der Waals surface area contributed by atoms with Gasteiger partial charge in [-0.25, -0.2) is 12.7 Å². The van der Waals surface area contributed by atoms with E-state index in [1.165, 1.54) is 11.8 Å². The molecule has 7 nitrogen and oxygen atoms in total. The molecule has 0 aliphatic carbocycles. The first kappa shape index (κ1) is 35.5. The van der Waals surface area contributed by atoms with Crippen LogP contribution >= 0.6 is 11.8 Å². The van der Waals surface area contributed by atoms with Gasteiger partial charge in [0.2, 0.25) is 5.76 Å². The zero-order valence-electron chi connectivity index (χ0n) is 26.8. The van der Waals surface area contributed by atoms with E-state index in [9.17, 15) is 31.2 Å². The maximum atomic E-state index is 14.1. The lowest BCUT2D eigenvalue weighted by molar-refractivity contribution is -0.153. The van der Waals surface area contributed by atoms with E-state index in [0.717, 1.165) is 33.2 Å². The van der Waals surface area contributed by atoms with Crippen molar-refractivity contribution in [3.8, 4) is 11.1 Å². The Bertz CT molecular complexity index is 2050. The van der Waals surface area contributed by atoms with Crippen LogP contribution in [0.1, 0.15) is 44.1 Å². The normalized spacial score (nSPS) is 11.7. The molecule has 0 aliphatic heterocycles. The smallest absolute Gasteiger partial charge is 0.449 e. The Labute approximate surface area is 286 Å². The Kier molecular flexibility index (Phi) is 10.7. The molecule has 0 saturated carbocycles. The second-order valence-corrected chi connectivity index (χ2v) is 14.2. The van der Waals surface area contributed by atoms with Crippen molar-refractivity contribution in [2.24, 2.45) is 0 Å². The first-order valence-corrected chi connectivity index (χ1v) is 17.5. The number of alkyl halides is 3. The second kappa shape index (κ2) is 14.8. The quantitative estimate of drug-likeness (QED) is 0.100. The number of carbonyl (C=O) groups is 2. The van der Waals surface area contributed by atoms with Crippen molar-refractivity contribution in [2.75, 3.05) is 5.75 Å². The highest BCUT2D eigenvalue weighted by Crippen LogP contribution is 2.33. The van der Waals surface area contributed by atoms with Gasteiger partial charge in [0.15, 0.2) is 5.76 Å². The van der Waals surface area contributed by atoms with Crippen LogP contribution in [0.5, 0.6) is 0 Å². The van der Waals surface area contributed by atoms with Gasteiger partial charge in [-0.1, -0.05) is 84.4 Å². The highest BCUT2D eigenvalue weighted by molar-refractivity contribution is 8.00. The third kappa shape index (κ3) is 8.62. The summed E-state index contributed by atoms with van der Waals surface area (Å²) in [4.78, 5) is 26.6. The number of rotatable bonds is 11. The highest BCUT2D eigenvalue weighted by atomic mass is 32.2.